The molecule has 3 N–H and O–H groups in total. The molecule has 0 saturated heterocycles. The lowest BCUT2D eigenvalue weighted by Crippen LogP contribution is -2.36. The maximum atomic E-state index is 11.8. The summed E-state index contributed by atoms with van der Waals surface area (Å²) in [5.74, 6) is 0.314. The van der Waals surface area contributed by atoms with Crippen LogP contribution >= 0.6 is 0 Å². The minimum atomic E-state index is -0.851. The molecule has 1 amide bonds. The number of H-pyrrole nitrogens is 1. The van der Waals surface area contributed by atoms with Gasteiger partial charge in [-0.1, -0.05) is 42.0 Å². The van der Waals surface area contributed by atoms with E-state index >= 15 is 0 Å². The van der Waals surface area contributed by atoms with E-state index in [9.17, 15) is 4.79 Å². The third-order valence-electron chi connectivity index (χ3n) is 4.86. The molecule has 0 radical (unpaired) electrons. The van der Waals surface area contributed by atoms with Gasteiger partial charge < -0.3 is 10.5 Å². The van der Waals surface area contributed by atoms with E-state index in [1.54, 1.807) is 6.20 Å². The van der Waals surface area contributed by atoms with E-state index in [2.05, 4.69) is 41.4 Å². The van der Waals surface area contributed by atoms with Crippen molar-refractivity contribution in [3.63, 3.8) is 0 Å². The lowest BCUT2D eigenvalue weighted by Gasteiger charge is -2.20. The first-order valence-corrected chi connectivity index (χ1v) is 8.73. The minimum Gasteiger partial charge on any atom is -0.477 e. The highest BCUT2D eigenvalue weighted by Crippen LogP contribution is 2.43. The zero-order valence-electron chi connectivity index (χ0n) is 14.7. The van der Waals surface area contributed by atoms with E-state index in [1.165, 1.54) is 11.1 Å². The number of carbonyl (C=O) groups excluding carboxylic acids is 1. The first kappa shape index (κ1) is 16.4. The highest BCUT2D eigenvalue weighted by Gasteiger charge is 2.52. The van der Waals surface area contributed by atoms with Crippen LogP contribution in [-0.4, -0.2) is 21.7 Å². The van der Waals surface area contributed by atoms with Gasteiger partial charge in [-0.15, -0.1) is 0 Å². The molecule has 5 nitrogen and oxygen atoms in total. The van der Waals surface area contributed by atoms with Crippen molar-refractivity contribution in [1.82, 2.24) is 10.2 Å². The zero-order valence-corrected chi connectivity index (χ0v) is 14.7. The molecule has 1 aromatic heterocycles. The van der Waals surface area contributed by atoms with Crippen LogP contribution < -0.4 is 10.5 Å². The molecule has 26 heavy (non-hydrogen) atoms. The SMILES string of the molecule is Cc1cccc(Cc2c(OC3(C(N)=O)CC3)cccc2-c2cn[nH]c2)c1. The van der Waals surface area contributed by atoms with E-state index in [4.69, 9.17) is 10.5 Å². The summed E-state index contributed by atoms with van der Waals surface area (Å²) in [7, 11) is 0. The average Bonchev–Trinajstić information content (AvgIpc) is 3.20. The van der Waals surface area contributed by atoms with Crippen molar-refractivity contribution < 1.29 is 9.53 Å². The van der Waals surface area contributed by atoms with Crippen LogP contribution in [0, 0.1) is 6.92 Å². The number of nitrogens with one attached hydrogen (secondary N) is 1. The molecule has 0 atom stereocenters. The number of aromatic amines is 1. The standard InChI is InChI=1S/C21H21N3O2/c1-14-4-2-5-15(10-14)11-18-17(16-12-23-24-13-16)6-3-7-19(18)26-21(8-9-21)20(22)25/h2-7,10,12-13H,8-9,11H2,1H3,(H2,22,25)(H,23,24). The number of aryl methyl sites for hydroxylation is 1. The normalized spacial score (nSPS) is 14.8. The summed E-state index contributed by atoms with van der Waals surface area (Å²) in [6.45, 7) is 2.08. The minimum absolute atomic E-state index is 0.396. The Hall–Kier alpha value is -3.08. The largest absolute Gasteiger partial charge is 0.477 e. The van der Waals surface area contributed by atoms with Gasteiger partial charge in [-0.25, -0.2) is 0 Å². The van der Waals surface area contributed by atoms with Crippen LogP contribution in [-0.2, 0) is 11.2 Å². The van der Waals surface area contributed by atoms with E-state index in [0.717, 1.165) is 16.7 Å². The van der Waals surface area contributed by atoms with Crippen molar-refractivity contribution in [3.05, 3.63) is 71.5 Å². The number of hydrogen-bond donors (Lipinski definition) is 2. The summed E-state index contributed by atoms with van der Waals surface area (Å²) in [6, 6.07) is 14.3. The van der Waals surface area contributed by atoms with Crippen molar-refractivity contribution in [2.45, 2.75) is 31.8 Å². The van der Waals surface area contributed by atoms with Crippen molar-refractivity contribution in [1.29, 1.82) is 0 Å². The van der Waals surface area contributed by atoms with Crippen LogP contribution in [0.25, 0.3) is 11.1 Å². The van der Waals surface area contributed by atoms with Gasteiger partial charge in [0.15, 0.2) is 5.60 Å². The first-order valence-electron chi connectivity index (χ1n) is 8.73. The number of rotatable bonds is 6. The van der Waals surface area contributed by atoms with E-state index in [1.807, 2.05) is 24.4 Å². The summed E-state index contributed by atoms with van der Waals surface area (Å²) in [5.41, 5.74) is 10.2. The highest BCUT2D eigenvalue weighted by atomic mass is 16.5. The number of amides is 1. The molecule has 0 spiro atoms. The molecule has 0 aliphatic heterocycles. The van der Waals surface area contributed by atoms with Crippen molar-refractivity contribution in [3.8, 4) is 16.9 Å². The predicted molar refractivity (Wildman–Crippen MR) is 99.8 cm³/mol. The number of hydrogen-bond acceptors (Lipinski definition) is 3. The van der Waals surface area contributed by atoms with Crippen LogP contribution in [0.4, 0.5) is 0 Å². The fraction of sp³-hybridized carbons (Fsp3) is 0.238. The second-order valence-corrected chi connectivity index (χ2v) is 6.90. The third-order valence-corrected chi connectivity index (χ3v) is 4.86. The molecule has 1 fully saturated rings. The fourth-order valence-corrected chi connectivity index (χ4v) is 3.26. The van der Waals surface area contributed by atoms with Gasteiger partial charge in [-0.2, -0.15) is 5.10 Å². The molecule has 0 bridgehead atoms. The Kier molecular flexibility index (Phi) is 3.99. The van der Waals surface area contributed by atoms with Gasteiger partial charge in [0.2, 0.25) is 0 Å². The summed E-state index contributed by atoms with van der Waals surface area (Å²) in [5, 5.41) is 6.93. The van der Waals surface area contributed by atoms with E-state index < -0.39 is 11.5 Å². The van der Waals surface area contributed by atoms with Gasteiger partial charge in [-0.3, -0.25) is 9.89 Å². The maximum absolute atomic E-state index is 11.8. The molecular formula is C21H21N3O2. The lowest BCUT2D eigenvalue weighted by molar-refractivity contribution is -0.126. The Morgan fingerprint density at radius 3 is 2.73 bits per heavy atom. The van der Waals surface area contributed by atoms with Crippen LogP contribution in [0.1, 0.15) is 29.5 Å². The lowest BCUT2D eigenvalue weighted by atomic mass is 9.95. The van der Waals surface area contributed by atoms with Crippen molar-refractivity contribution in [2.75, 3.05) is 0 Å². The second-order valence-electron chi connectivity index (χ2n) is 6.90. The number of ether oxygens (including phenoxy) is 1. The van der Waals surface area contributed by atoms with Gasteiger partial charge in [0.25, 0.3) is 5.91 Å². The molecule has 1 saturated carbocycles. The van der Waals surface area contributed by atoms with E-state index in [0.29, 0.717) is 25.0 Å². The molecule has 0 unspecified atom stereocenters. The van der Waals surface area contributed by atoms with Crippen LogP contribution in [0.3, 0.4) is 0 Å². The number of nitrogens with two attached hydrogens (primary N) is 1. The van der Waals surface area contributed by atoms with Gasteiger partial charge >= 0.3 is 0 Å². The summed E-state index contributed by atoms with van der Waals surface area (Å²) in [6.07, 6.45) is 5.69. The average molecular weight is 347 g/mol. The maximum Gasteiger partial charge on any atom is 0.261 e. The highest BCUT2D eigenvalue weighted by molar-refractivity contribution is 5.87. The molecule has 1 aliphatic carbocycles. The molecule has 2 aromatic carbocycles. The van der Waals surface area contributed by atoms with Crippen LogP contribution in [0.5, 0.6) is 5.75 Å². The Morgan fingerprint density at radius 1 is 1.27 bits per heavy atom. The summed E-state index contributed by atoms with van der Waals surface area (Å²) < 4.78 is 6.14. The first-order chi connectivity index (χ1) is 12.6. The monoisotopic (exact) mass is 347 g/mol. The third kappa shape index (κ3) is 3.08. The van der Waals surface area contributed by atoms with Crippen molar-refractivity contribution >= 4 is 5.91 Å². The summed E-state index contributed by atoms with van der Waals surface area (Å²) in [4.78, 5) is 11.8. The Bertz CT molecular complexity index is 944. The fourth-order valence-electron chi connectivity index (χ4n) is 3.26. The smallest absolute Gasteiger partial charge is 0.261 e. The molecule has 4 rings (SSSR count). The zero-order chi connectivity index (χ0) is 18.1. The van der Waals surface area contributed by atoms with Gasteiger partial charge in [-0.05, 0) is 24.1 Å². The predicted octanol–water partition coefficient (Wildman–Crippen LogP) is 3.37. The molecular weight excluding hydrogens is 326 g/mol. The molecule has 5 heteroatoms. The molecule has 132 valence electrons. The van der Waals surface area contributed by atoms with Gasteiger partial charge in [0.05, 0.1) is 6.20 Å². The van der Waals surface area contributed by atoms with Crippen molar-refractivity contribution in [2.24, 2.45) is 5.73 Å². The molecule has 1 aliphatic rings. The molecule has 3 aromatic rings. The van der Waals surface area contributed by atoms with Crippen LogP contribution in [0.15, 0.2) is 54.9 Å². The number of carbonyl (C=O) groups is 1. The summed E-state index contributed by atoms with van der Waals surface area (Å²) >= 11 is 0. The Labute approximate surface area is 152 Å². The molecule has 1 heterocycles. The van der Waals surface area contributed by atoms with Gasteiger partial charge in [0.1, 0.15) is 5.75 Å². The Morgan fingerprint density at radius 2 is 2.08 bits per heavy atom. The Balaban J connectivity index is 1.78. The van der Waals surface area contributed by atoms with E-state index in [-0.39, 0.29) is 0 Å². The van der Waals surface area contributed by atoms with Gasteiger partial charge in [0, 0.05) is 36.6 Å². The number of aromatic nitrogens is 2. The quantitative estimate of drug-likeness (QED) is 0.717. The second kappa shape index (κ2) is 6.33. The van der Waals surface area contributed by atoms with Crippen LogP contribution in [0.2, 0.25) is 0 Å². The number of nitrogens with zero attached hydrogens (tertiary/aromatic N) is 1. The number of benzene rings is 2. The number of primary amides is 1. The topological polar surface area (TPSA) is 81.0 Å².